The third-order valence-corrected chi connectivity index (χ3v) is 1.87. The maximum absolute atomic E-state index is 9.00. The zero-order valence-electron chi connectivity index (χ0n) is 7.49. The molecule has 1 aliphatic carbocycles. The summed E-state index contributed by atoms with van der Waals surface area (Å²) in [5, 5.41) is 7.42. The normalized spacial score (nSPS) is 28.6. The van der Waals surface area contributed by atoms with Crippen molar-refractivity contribution in [2.45, 2.75) is 44.7 Å². The Morgan fingerprint density at radius 2 is 1.50 bits per heavy atom. The molecule has 4 heteroatoms. The molecule has 2 unspecified atom stereocenters. The van der Waals surface area contributed by atoms with E-state index in [9.17, 15) is 0 Å². The van der Waals surface area contributed by atoms with E-state index < -0.39 is 5.97 Å². The third-order valence-electron chi connectivity index (χ3n) is 1.87. The van der Waals surface area contributed by atoms with Crippen molar-refractivity contribution in [1.29, 1.82) is 0 Å². The van der Waals surface area contributed by atoms with Crippen LogP contribution in [0.3, 0.4) is 0 Å². The molecule has 0 aromatic carbocycles. The number of nitrogens with two attached hydrogens (primary N) is 2. The van der Waals surface area contributed by atoms with Gasteiger partial charge in [-0.25, -0.2) is 0 Å². The predicted molar refractivity (Wildman–Crippen MR) is 47.7 cm³/mol. The Morgan fingerprint density at radius 3 is 1.67 bits per heavy atom. The van der Waals surface area contributed by atoms with Crippen LogP contribution in [0.1, 0.15) is 32.6 Å². The van der Waals surface area contributed by atoms with Gasteiger partial charge in [0, 0.05) is 19.0 Å². The summed E-state index contributed by atoms with van der Waals surface area (Å²) < 4.78 is 0. The summed E-state index contributed by atoms with van der Waals surface area (Å²) in [4.78, 5) is 9.00. The molecule has 1 fully saturated rings. The number of hydrogen-bond acceptors (Lipinski definition) is 3. The number of hydrogen-bond donors (Lipinski definition) is 3. The number of carboxylic acid groups (broad SMARTS) is 1. The van der Waals surface area contributed by atoms with Gasteiger partial charge >= 0.3 is 0 Å². The van der Waals surface area contributed by atoms with Crippen LogP contribution >= 0.6 is 0 Å². The molecule has 0 radical (unpaired) electrons. The molecule has 2 atom stereocenters. The Hall–Kier alpha value is -0.610. The zero-order chi connectivity index (χ0) is 9.56. The summed E-state index contributed by atoms with van der Waals surface area (Å²) in [5.41, 5.74) is 11.3. The Morgan fingerprint density at radius 1 is 1.25 bits per heavy atom. The maximum Gasteiger partial charge on any atom is 0.300 e. The largest absolute Gasteiger partial charge is 0.481 e. The van der Waals surface area contributed by atoms with Gasteiger partial charge in [0.05, 0.1) is 0 Å². The lowest BCUT2D eigenvalue weighted by Crippen LogP contribution is -2.43. The highest BCUT2D eigenvalue weighted by Gasteiger charge is 2.16. The average Bonchev–Trinajstić information content (AvgIpc) is 1.94. The van der Waals surface area contributed by atoms with Crippen LogP contribution in [-0.4, -0.2) is 23.2 Å². The zero-order valence-corrected chi connectivity index (χ0v) is 7.49. The molecule has 5 N–H and O–H groups in total. The van der Waals surface area contributed by atoms with Crippen molar-refractivity contribution in [2.75, 3.05) is 0 Å². The van der Waals surface area contributed by atoms with Crippen molar-refractivity contribution in [3.8, 4) is 0 Å². The Balaban J connectivity index is 0.000000261. The fourth-order valence-corrected chi connectivity index (χ4v) is 1.19. The Labute approximate surface area is 72.9 Å². The summed E-state index contributed by atoms with van der Waals surface area (Å²) in [6, 6.07) is 0.562. The second-order valence-electron chi connectivity index (χ2n) is 3.13. The molecule has 0 aromatic heterocycles. The van der Waals surface area contributed by atoms with Crippen molar-refractivity contribution in [2.24, 2.45) is 11.5 Å². The van der Waals surface area contributed by atoms with E-state index in [4.69, 9.17) is 21.4 Å². The van der Waals surface area contributed by atoms with Crippen LogP contribution in [0.25, 0.3) is 0 Å². The van der Waals surface area contributed by atoms with Gasteiger partial charge in [-0.2, -0.15) is 0 Å². The van der Waals surface area contributed by atoms with E-state index in [0.29, 0.717) is 0 Å². The van der Waals surface area contributed by atoms with Gasteiger partial charge in [0.1, 0.15) is 0 Å². The van der Waals surface area contributed by atoms with Gasteiger partial charge in [-0.3, -0.25) is 4.79 Å². The van der Waals surface area contributed by atoms with Crippen LogP contribution in [0.4, 0.5) is 0 Å². The first-order chi connectivity index (χ1) is 5.54. The Bertz CT molecular complexity index is 125. The molecule has 12 heavy (non-hydrogen) atoms. The standard InChI is InChI=1S/C6H14N2.C2H4O2/c7-5-3-1-2-4-6(5)8;1-2(3)4/h5-6H,1-4,7-8H2;1H3,(H,3,4). The van der Waals surface area contributed by atoms with Gasteiger partial charge in [0.25, 0.3) is 5.97 Å². The average molecular weight is 174 g/mol. The molecule has 0 spiro atoms. The van der Waals surface area contributed by atoms with Crippen molar-refractivity contribution in [3.05, 3.63) is 0 Å². The van der Waals surface area contributed by atoms with E-state index in [2.05, 4.69) is 0 Å². The highest BCUT2D eigenvalue weighted by Crippen LogP contribution is 2.14. The lowest BCUT2D eigenvalue weighted by atomic mass is 9.92. The van der Waals surface area contributed by atoms with E-state index in [1.807, 2.05) is 0 Å². The van der Waals surface area contributed by atoms with Crippen LogP contribution in [0.15, 0.2) is 0 Å². The van der Waals surface area contributed by atoms with E-state index >= 15 is 0 Å². The van der Waals surface area contributed by atoms with E-state index in [-0.39, 0.29) is 12.1 Å². The second kappa shape index (κ2) is 5.97. The van der Waals surface area contributed by atoms with Crippen molar-refractivity contribution in [3.63, 3.8) is 0 Å². The Kier molecular flexibility index (Phi) is 5.66. The van der Waals surface area contributed by atoms with Crippen LogP contribution in [0.2, 0.25) is 0 Å². The van der Waals surface area contributed by atoms with Gasteiger partial charge in [-0.1, -0.05) is 12.8 Å². The predicted octanol–water partition coefficient (Wildman–Crippen LogP) is 0.306. The van der Waals surface area contributed by atoms with Crippen molar-refractivity contribution < 1.29 is 9.90 Å². The summed E-state index contributed by atoms with van der Waals surface area (Å²) in [6.07, 6.45) is 4.80. The van der Waals surface area contributed by atoms with Gasteiger partial charge in [-0.15, -0.1) is 0 Å². The molecule has 0 amide bonds. The quantitative estimate of drug-likeness (QED) is 0.493. The van der Waals surface area contributed by atoms with Gasteiger partial charge < -0.3 is 16.6 Å². The topological polar surface area (TPSA) is 89.3 Å². The summed E-state index contributed by atoms with van der Waals surface area (Å²) in [7, 11) is 0. The molecule has 4 nitrogen and oxygen atoms in total. The number of rotatable bonds is 0. The van der Waals surface area contributed by atoms with Gasteiger partial charge in [-0.05, 0) is 12.8 Å². The molecule has 0 bridgehead atoms. The monoisotopic (exact) mass is 174 g/mol. The van der Waals surface area contributed by atoms with E-state index in [1.165, 1.54) is 12.8 Å². The highest BCUT2D eigenvalue weighted by molar-refractivity contribution is 5.62. The number of carboxylic acids is 1. The SMILES string of the molecule is CC(=O)O.NC1CCCCC1N. The maximum atomic E-state index is 9.00. The molecular weight excluding hydrogens is 156 g/mol. The fraction of sp³-hybridized carbons (Fsp3) is 0.875. The van der Waals surface area contributed by atoms with Crippen LogP contribution in [0, 0.1) is 0 Å². The van der Waals surface area contributed by atoms with E-state index in [1.54, 1.807) is 0 Å². The summed E-state index contributed by atoms with van der Waals surface area (Å²) in [5.74, 6) is -0.833. The lowest BCUT2D eigenvalue weighted by Gasteiger charge is -2.24. The number of aliphatic carboxylic acids is 1. The summed E-state index contributed by atoms with van der Waals surface area (Å²) in [6.45, 7) is 1.08. The molecule has 0 aliphatic heterocycles. The lowest BCUT2D eigenvalue weighted by molar-refractivity contribution is -0.134. The first-order valence-corrected chi connectivity index (χ1v) is 4.24. The highest BCUT2D eigenvalue weighted by atomic mass is 16.4. The summed E-state index contributed by atoms with van der Waals surface area (Å²) >= 11 is 0. The first kappa shape index (κ1) is 11.4. The molecule has 1 saturated carbocycles. The molecular formula is C8H18N2O2. The first-order valence-electron chi connectivity index (χ1n) is 4.24. The van der Waals surface area contributed by atoms with Crippen LogP contribution in [-0.2, 0) is 4.79 Å². The molecule has 1 rings (SSSR count). The molecule has 1 aliphatic rings. The minimum Gasteiger partial charge on any atom is -0.481 e. The minimum absolute atomic E-state index is 0.281. The van der Waals surface area contributed by atoms with Crippen LogP contribution < -0.4 is 11.5 Å². The molecule has 0 heterocycles. The third kappa shape index (κ3) is 6.12. The van der Waals surface area contributed by atoms with Crippen molar-refractivity contribution in [1.82, 2.24) is 0 Å². The fourth-order valence-electron chi connectivity index (χ4n) is 1.19. The van der Waals surface area contributed by atoms with Crippen molar-refractivity contribution >= 4 is 5.97 Å². The molecule has 0 saturated heterocycles. The smallest absolute Gasteiger partial charge is 0.300 e. The second-order valence-corrected chi connectivity index (χ2v) is 3.13. The van der Waals surface area contributed by atoms with E-state index in [0.717, 1.165) is 19.8 Å². The number of carbonyl (C=O) groups is 1. The van der Waals surface area contributed by atoms with Crippen LogP contribution in [0.5, 0.6) is 0 Å². The molecule has 72 valence electrons. The molecule has 0 aromatic rings. The minimum atomic E-state index is -0.833. The van der Waals surface area contributed by atoms with Gasteiger partial charge in [0.2, 0.25) is 0 Å². The van der Waals surface area contributed by atoms with Gasteiger partial charge in [0.15, 0.2) is 0 Å².